The second-order valence-corrected chi connectivity index (χ2v) is 4.68. The first kappa shape index (κ1) is 9.47. The van der Waals surface area contributed by atoms with Crippen LogP contribution in [0.15, 0.2) is 0 Å². The average molecular weight is 184 g/mol. The molecule has 76 valence electrons. The molecule has 2 nitrogen and oxygen atoms in total. The normalized spacial score (nSPS) is 43.8. The maximum Gasteiger partial charge on any atom is 0.0580 e. The highest BCUT2D eigenvalue weighted by atomic mass is 16.5. The fraction of sp³-hybridized carbons (Fsp3) is 1.00. The molecule has 3 atom stereocenters. The Morgan fingerprint density at radius 3 is 2.92 bits per heavy atom. The molecule has 0 radical (unpaired) electrons. The van der Waals surface area contributed by atoms with Gasteiger partial charge in [-0.25, -0.2) is 0 Å². The number of rotatable bonds is 3. The highest BCUT2D eigenvalue weighted by Gasteiger charge is 2.55. The van der Waals surface area contributed by atoms with Crippen LogP contribution in [0.1, 0.15) is 39.0 Å². The molecule has 1 aliphatic heterocycles. The minimum atomic E-state index is 0.388. The molecule has 2 heteroatoms. The van der Waals surface area contributed by atoms with Gasteiger partial charge in [-0.1, -0.05) is 13.3 Å². The fourth-order valence-electron chi connectivity index (χ4n) is 2.80. The van der Waals surface area contributed by atoms with E-state index in [1.165, 1.54) is 32.1 Å². The van der Waals surface area contributed by atoms with Crippen molar-refractivity contribution in [2.45, 2.75) is 45.1 Å². The van der Waals surface area contributed by atoms with Crippen molar-refractivity contribution in [1.29, 1.82) is 0 Å². The minimum Gasteiger partial charge on any atom is -0.396 e. The zero-order valence-electron chi connectivity index (χ0n) is 8.46. The van der Waals surface area contributed by atoms with Gasteiger partial charge in [0.15, 0.2) is 0 Å². The number of aliphatic hydroxyl groups excluding tert-OH is 1. The lowest BCUT2D eigenvalue weighted by Crippen LogP contribution is -2.28. The largest absolute Gasteiger partial charge is 0.396 e. The van der Waals surface area contributed by atoms with E-state index in [0.717, 1.165) is 6.61 Å². The Kier molecular flexibility index (Phi) is 2.61. The molecule has 0 amide bonds. The Hall–Kier alpha value is -0.0800. The summed E-state index contributed by atoms with van der Waals surface area (Å²) in [5, 5.41) is 9.10. The van der Waals surface area contributed by atoms with Crippen LogP contribution in [0.5, 0.6) is 0 Å². The Labute approximate surface area is 80.3 Å². The molecule has 1 saturated carbocycles. The zero-order valence-corrected chi connectivity index (χ0v) is 8.46. The first-order valence-corrected chi connectivity index (χ1v) is 5.53. The van der Waals surface area contributed by atoms with Crippen LogP contribution >= 0.6 is 0 Å². The topological polar surface area (TPSA) is 29.5 Å². The van der Waals surface area contributed by atoms with Crippen LogP contribution in [0.4, 0.5) is 0 Å². The van der Waals surface area contributed by atoms with Crippen LogP contribution in [-0.2, 0) is 4.74 Å². The molecule has 1 heterocycles. The van der Waals surface area contributed by atoms with Gasteiger partial charge in [-0.15, -0.1) is 0 Å². The molecule has 1 N–H and O–H groups in total. The number of hydrogen-bond donors (Lipinski definition) is 1. The minimum absolute atomic E-state index is 0.388. The van der Waals surface area contributed by atoms with Crippen LogP contribution in [0, 0.1) is 11.3 Å². The molecule has 0 bridgehead atoms. The zero-order chi connectivity index (χ0) is 9.31. The van der Waals surface area contributed by atoms with Gasteiger partial charge in [-0.3, -0.25) is 0 Å². The van der Waals surface area contributed by atoms with Gasteiger partial charge in [0.1, 0.15) is 0 Å². The molecule has 0 aromatic rings. The Morgan fingerprint density at radius 1 is 1.46 bits per heavy atom. The van der Waals surface area contributed by atoms with Crippen molar-refractivity contribution >= 4 is 0 Å². The SMILES string of the molecule is CCCC1CC2(CCO1)CC2CO. The van der Waals surface area contributed by atoms with E-state index in [1.54, 1.807) is 0 Å². The average Bonchev–Trinajstić information content (AvgIpc) is 2.79. The lowest BCUT2D eigenvalue weighted by Gasteiger charge is -2.30. The maximum absolute atomic E-state index is 9.10. The summed E-state index contributed by atoms with van der Waals surface area (Å²) in [6.07, 6.45) is 6.51. The Bertz CT molecular complexity index is 179. The summed E-state index contributed by atoms with van der Waals surface area (Å²) in [5.41, 5.74) is 0.493. The van der Waals surface area contributed by atoms with Crippen LogP contribution in [0.25, 0.3) is 0 Å². The summed E-state index contributed by atoms with van der Waals surface area (Å²) in [4.78, 5) is 0. The molecular weight excluding hydrogens is 164 g/mol. The van der Waals surface area contributed by atoms with Gasteiger partial charge in [0.2, 0.25) is 0 Å². The number of ether oxygens (including phenoxy) is 1. The lowest BCUT2D eigenvalue weighted by molar-refractivity contribution is -0.0268. The lowest BCUT2D eigenvalue weighted by atomic mass is 9.88. The van der Waals surface area contributed by atoms with E-state index < -0.39 is 0 Å². The first-order valence-electron chi connectivity index (χ1n) is 5.53. The standard InChI is InChI=1S/C11H20O2/c1-2-3-10-7-11(4-5-13-10)6-9(11)8-12/h9-10,12H,2-8H2,1H3. The van der Waals surface area contributed by atoms with Crippen molar-refractivity contribution in [1.82, 2.24) is 0 Å². The third-order valence-corrected chi connectivity index (χ3v) is 3.78. The van der Waals surface area contributed by atoms with Crippen molar-refractivity contribution < 1.29 is 9.84 Å². The smallest absolute Gasteiger partial charge is 0.0580 e. The summed E-state index contributed by atoms with van der Waals surface area (Å²) >= 11 is 0. The second kappa shape index (κ2) is 3.58. The van der Waals surface area contributed by atoms with Crippen LogP contribution < -0.4 is 0 Å². The van der Waals surface area contributed by atoms with E-state index in [4.69, 9.17) is 9.84 Å². The Balaban J connectivity index is 1.87. The fourth-order valence-corrected chi connectivity index (χ4v) is 2.80. The Morgan fingerprint density at radius 2 is 2.31 bits per heavy atom. The molecule has 0 aromatic heterocycles. The molecule has 2 fully saturated rings. The van der Waals surface area contributed by atoms with E-state index in [9.17, 15) is 0 Å². The second-order valence-electron chi connectivity index (χ2n) is 4.68. The van der Waals surface area contributed by atoms with E-state index >= 15 is 0 Å². The van der Waals surface area contributed by atoms with Gasteiger partial charge < -0.3 is 9.84 Å². The maximum atomic E-state index is 9.10. The van der Waals surface area contributed by atoms with Gasteiger partial charge in [-0.05, 0) is 37.0 Å². The van der Waals surface area contributed by atoms with Crippen molar-refractivity contribution in [3.63, 3.8) is 0 Å². The molecule has 1 spiro atoms. The number of aliphatic hydroxyl groups is 1. The highest BCUT2D eigenvalue weighted by molar-refractivity contribution is 5.04. The van der Waals surface area contributed by atoms with Crippen LogP contribution in [-0.4, -0.2) is 24.4 Å². The summed E-state index contributed by atoms with van der Waals surface area (Å²) in [6, 6.07) is 0. The van der Waals surface area contributed by atoms with Crippen LogP contribution in [0.2, 0.25) is 0 Å². The summed E-state index contributed by atoms with van der Waals surface area (Å²) < 4.78 is 5.71. The predicted octanol–water partition coefficient (Wildman–Crippen LogP) is 1.96. The predicted molar refractivity (Wildman–Crippen MR) is 51.5 cm³/mol. The molecular formula is C11H20O2. The van der Waals surface area contributed by atoms with Crippen molar-refractivity contribution in [3.05, 3.63) is 0 Å². The molecule has 2 aliphatic rings. The van der Waals surface area contributed by atoms with E-state index in [2.05, 4.69) is 6.92 Å². The summed E-state index contributed by atoms with van der Waals surface area (Å²) in [7, 11) is 0. The first-order chi connectivity index (χ1) is 6.30. The molecule has 2 rings (SSSR count). The molecule has 13 heavy (non-hydrogen) atoms. The molecule has 1 saturated heterocycles. The monoisotopic (exact) mass is 184 g/mol. The molecule has 1 aliphatic carbocycles. The summed E-state index contributed by atoms with van der Waals surface area (Å²) in [6.45, 7) is 3.51. The van der Waals surface area contributed by atoms with Gasteiger partial charge in [-0.2, -0.15) is 0 Å². The van der Waals surface area contributed by atoms with E-state index in [0.29, 0.717) is 24.0 Å². The number of hydrogen-bond acceptors (Lipinski definition) is 2. The van der Waals surface area contributed by atoms with Gasteiger partial charge in [0.25, 0.3) is 0 Å². The molecule has 3 unspecified atom stereocenters. The van der Waals surface area contributed by atoms with Crippen molar-refractivity contribution in [2.75, 3.05) is 13.2 Å². The third-order valence-electron chi connectivity index (χ3n) is 3.78. The van der Waals surface area contributed by atoms with Gasteiger partial charge in [0, 0.05) is 13.2 Å². The quantitative estimate of drug-likeness (QED) is 0.726. The van der Waals surface area contributed by atoms with Crippen molar-refractivity contribution in [3.8, 4) is 0 Å². The highest BCUT2D eigenvalue weighted by Crippen LogP contribution is 2.60. The summed E-state index contributed by atoms with van der Waals surface area (Å²) in [5.74, 6) is 0.593. The van der Waals surface area contributed by atoms with E-state index in [-0.39, 0.29) is 0 Å². The van der Waals surface area contributed by atoms with Gasteiger partial charge >= 0.3 is 0 Å². The van der Waals surface area contributed by atoms with Crippen molar-refractivity contribution in [2.24, 2.45) is 11.3 Å². The molecule has 0 aromatic carbocycles. The van der Waals surface area contributed by atoms with Gasteiger partial charge in [0.05, 0.1) is 6.10 Å². The van der Waals surface area contributed by atoms with Crippen LogP contribution in [0.3, 0.4) is 0 Å². The van der Waals surface area contributed by atoms with E-state index in [1.807, 2.05) is 0 Å². The third kappa shape index (κ3) is 1.75.